The standard InChI is InChI=1S/C25H21N3O3/c1-3-30-25(29)19-15(2)31-24-21(20(19)16-10-6-4-7-11-16)22(27)18(14-26)23(28-24)17-12-8-5-9-13-17/h4-13,20H,3H2,1-2H3,(H2,27,28)/t20-/m1/s1. The number of ether oxygens (including phenoxy) is 2. The zero-order valence-electron chi connectivity index (χ0n) is 17.3. The molecule has 154 valence electrons. The molecular weight excluding hydrogens is 390 g/mol. The van der Waals surface area contributed by atoms with Gasteiger partial charge in [-0.2, -0.15) is 5.26 Å². The molecule has 4 rings (SSSR count). The number of aromatic nitrogens is 1. The van der Waals surface area contributed by atoms with Crippen molar-refractivity contribution in [2.75, 3.05) is 12.3 Å². The van der Waals surface area contributed by atoms with Crippen LogP contribution in [0.25, 0.3) is 11.3 Å². The Kier molecular flexibility index (Phi) is 5.42. The second-order valence-corrected chi connectivity index (χ2v) is 7.08. The lowest BCUT2D eigenvalue weighted by molar-refractivity contribution is -0.139. The van der Waals surface area contributed by atoms with Crippen molar-refractivity contribution >= 4 is 11.7 Å². The van der Waals surface area contributed by atoms with Gasteiger partial charge in [0.25, 0.3) is 0 Å². The van der Waals surface area contributed by atoms with E-state index in [4.69, 9.17) is 15.2 Å². The lowest BCUT2D eigenvalue weighted by Crippen LogP contribution is -2.25. The molecule has 0 fully saturated rings. The number of anilines is 1. The molecule has 0 aliphatic carbocycles. The maximum absolute atomic E-state index is 12.9. The van der Waals surface area contributed by atoms with Crippen LogP contribution in [0.2, 0.25) is 0 Å². The highest BCUT2D eigenvalue weighted by Gasteiger charge is 2.38. The normalized spacial score (nSPS) is 14.9. The van der Waals surface area contributed by atoms with Gasteiger partial charge in [0.1, 0.15) is 17.4 Å². The van der Waals surface area contributed by atoms with Gasteiger partial charge in [0.15, 0.2) is 0 Å². The predicted octanol–water partition coefficient (Wildman–Crippen LogP) is 4.56. The first-order chi connectivity index (χ1) is 15.1. The summed E-state index contributed by atoms with van der Waals surface area (Å²) in [5.41, 5.74) is 9.92. The molecule has 0 spiro atoms. The van der Waals surface area contributed by atoms with Gasteiger partial charge in [-0.05, 0) is 19.4 Å². The van der Waals surface area contributed by atoms with E-state index in [1.807, 2.05) is 60.7 Å². The van der Waals surface area contributed by atoms with Crippen LogP contribution < -0.4 is 10.5 Å². The molecule has 6 nitrogen and oxygen atoms in total. The number of allylic oxidation sites excluding steroid dienone is 1. The molecule has 1 aromatic heterocycles. The average Bonchev–Trinajstić information content (AvgIpc) is 2.79. The minimum Gasteiger partial charge on any atom is -0.463 e. The SMILES string of the molecule is CCOC(=O)C1=C(C)Oc2nc(-c3ccccc3)c(C#N)c(N)c2[C@@H]1c1ccccc1. The maximum atomic E-state index is 12.9. The Morgan fingerprint density at radius 3 is 2.42 bits per heavy atom. The van der Waals surface area contributed by atoms with Gasteiger partial charge in [-0.3, -0.25) is 0 Å². The van der Waals surface area contributed by atoms with Crippen LogP contribution in [-0.4, -0.2) is 17.6 Å². The van der Waals surface area contributed by atoms with Crippen molar-refractivity contribution in [3.63, 3.8) is 0 Å². The van der Waals surface area contributed by atoms with Gasteiger partial charge in [0.2, 0.25) is 5.88 Å². The lowest BCUT2D eigenvalue weighted by atomic mass is 9.81. The topological polar surface area (TPSA) is 98.2 Å². The molecule has 31 heavy (non-hydrogen) atoms. The van der Waals surface area contributed by atoms with Crippen LogP contribution in [0.4, 0.5) is 5.69 Å². The number of carbonyl (C=O) groups is 1. The molecule has 1 atom stereocenters. The third-order valence-corrected chi connectivity index (χ3v) is 5.23. The van der Waals surface area contributed by atoms with E-state index in [0.717, 1.165) is 11.1 Å². The number of rotatable bonds is 4. The summed E-state index contributed by atoms with van der Waals surface area (Å²) in [5.74, 6) is -0.358. The minimum absolute atomic E-state index is 0.230. The fourth-order valence-electron chi connectivity index (χ4n) is 3.87. The third kappa shape index (κ3) is 3.51. The first-order valence-electron chi connectivity index (χ1n) is 9.96. The van der Waals surface area contributed by atoms with Gasteiger partial charge in [-0.15, -0.1) is 0 Å². The average molecular weight is 411 g/mol. The number of nitrogens with zero attached hydrogens (tertiary/aromatic N) is 2. The van der Waals surface area contributed by atoms with E-state index in [0.29, 0.717) is 22.6 Å². The van der Waals surface area contributed by atoms with Crippen molar-refractivity contribution in [2.24, 2.45) is 0 Å². The molecule has 3 aromatic rings. The van der Waals surface area contributed by atoms with E-state index < -0.39 is 11.9 Å². The van der Waals surface area contributed by atoms with Crippen LogP contribution in [-0.2, 0) is 9.53 Å². The molecular formula is C25H21N3O3. The summed E-state index contributed by atoms with van der Waals surface area (Å²) in [6.45, 7) is 3.69. The summed E-state index contributed by atoms with van der Waals surface area (Å²) in [6.07, 6.45) is 0. The smallest absolute Gasteiger partial charge is 0.338 e. The molecule has 6 heteroatoms. The van der Waals surface area contributed by atoms with Gasteiger partial charge in [-0.1, -0.05) is 60.7 Å². The van der Waals surface area contributed by atoms with Crippen LogP contribution in [0.1, 0.15) is 36.5 Å². The highest BCUT2D eigenvalue weighted by Crippen LogP contribution is 2.47. The minimum atomic E-state index is -0.562. The second-order valence-electron chi connectivity index (χ2n) is 7.08. The van der Waals surface area contributed by atoms with Gasteiger partial charge in [0, 0.05) is 5.56 Å². The Hall–Kier alpha value is -4.11. The predicted molar refractivity (Wildman–Crippen MR) is 117 cm³/mol. The maximum Gasteiger partial charge on any atom is 0.338 e. The summed E-state index contributed by atoms with van der Waals surface area (Å²) in [6, 6.07) is 21.0. The monoisotopic (exact) mass is 411 g/mol. The quantitative estimate of drug-likeness (QED) is 0.632. The van der Waals surface area contributed by atoms with Crippen molar-refractivity contribution in [3.8, 4) is 23.2 Å². The summed E-state index contributed by atoms with van der Waals surface area (Å²) in [7, 11) is 0. The first kappa shape index (κ1) is 20.2. The number of nitriles is 1. The highest BCUT2D eigenvalue weighted by atomic mass is 16.5. The van der Waals surface area contributed by atoms with Gasteiger partial charge in [-0.25, -0.2) is 9.78 Å². The van der Waals surface area contributed by atoms with E-state index in [2.05, 4.69) is 11.1 Å². The Bertz CT molecular complexity index is 1210. The zero-order chi connectivity index (χ0) is 22.0. The molecule has 2 heterocycles. The molecule has 2 aromatic carbocycles. The van der Waals surface area contributed by atoms with Crippen molar-refractivity contribution < 1.29 is 14.3 Å². The molecule has 0 bridgehead atoms. The number of carbonyl (C=O) groups excluding carboxylic acids is 1. The molecule has 0 saturated heterocycles. The van der Waals surface area contributed by atoms with E-state index in [9.17, 15) is 10.1 Å². The molecule has 0 saturated carbocycles. The van der Waals surface area contributed by atoms with E-state index in [1.165, 1.54) is 0 Å². The number of hydrogen-bond donors (Lipinski definition) is 1. The van der Waals surface area contributed by atoms with Crippen LogP contribution in [0.15, 0.2) is 72.0 Å². The summed E-state index contributed by atoms with van der Waals surface area (Å²) in [5, 5.41) is 9.92. The van der Waals surface area contributed by atoms with E-state index in [-0.39, 0.29) is 23.7 Å². The van der Waals surface area contributed by atoms with Crippen LogP contribution in [0, 0.1) is 11.3 Å². The van der Waals surface area contributed by atoms with Crippen molar-refractivity contribution in [2.45, 2.75) is 19.8 Å². The van der Waals surface area contributed by atoms with E-state index in [1.54, 1.807) is 13.8 Å². The Morgan fingerprint density at radius 1 is 1.16 bits per heavy atom. The third-order valence-electron chi connectivity index (χ3n) is 5.23. The largest absolute Gasteiger partial charge is 0.463 e. The van der Waals surface area contributed by atoms with Crippen molar-refractivity contribution in [1.29, 1.82) is 5.26 Å². The van der Waals surface area contributed by atoms with Crippen LogP contribution in [0.5, 0.6) is 5.88 Å². The summed E-state index contributed by atoms with van der Waals surface area (Å²) >= 11 is 0. The fourth-order valence-corrected chi connectivity index (χ4v) is 3.87. The van der Waals surface area contributed by atoms with Gasteiger partial charge in [0.05, 0.1) is 35.0 Å². The second kappa shape index (κ2) is 8.33. The number of hydrogen-bond acceptors (Lipinski definition) is 6. The van der Waals surface area contributed by atoms with Gasteiger partial charge >= 0.3 is 5.97 Å². The number of nitrogen functional groups attached to an aromatic ring is 1. The van der Waals surface area contributed by atoms with Crippen LogP contribution >= 0.6 is 0 Å². The molecule has 2 N–H and O–H groups in total. The molecule has 0 unspecified atom stereocenters. The molecule has 0 amide bonds. The van der Waals surface area contributed by atoms with E-state index >= 15 is 0 Å². The Labute approximate surface area is 180 Å². The van der Waals surface area contributed by atoms with Crippen molar-refractivity contribution in [1.82, 2.24) is 4.98 Å². The number of pyridine rings is 1. The van der Waals surface area contributed by atoms with Crippen molar-refractivity contribution in [3.05, 3.63) is 88.7 Å². The van der Waals surface area contributed by atoms with Gasteiger partial charge < -0.3 is 15.2 Å². The Balaban J connectivity index is 2.00. The molecule has 1 aliphatic rings. The number of fused-ring (bicyclic) bond motifs is 1. The molecule has 1 aliphatic heterocycles. The number of esters is 1. The first-order valence-corrected chi connectivity index (χ1v) is 9.96. The summed E-state index contributed by atoms with van der Waals surface area (Å²) in [4.78, 5) is 17.5. The van der Waals surface area contributed by atoms with Crippen LogP contribution in [0.3, 0.4) is 0 Å². The number of benzene rings is 2. The zero-order valence-corrected chi connectivity index (χ0v) is 17.3. The highest BCUT2D eigenvalue weighted by molar-refractivity contribution is 5.94. The molecule has 0 radical (unpaired) electrons. The lowest BCUT2D eigenvalue weighted by Gasteiger charge is -2.30. The Morgan fingerprint density at radius 2 is 1.81 bits per heavy atom. The number of nitrogens with two attached hydrogens (primary N) is 1. The summed E-state index contributed by atoms with van der Waals surface area (Å²) < 4.78 is 11.3. The fraction of sp³-hybridized carbons (Fsp3) is 0.160.